The summed E-state index contributed by atoms with van der Waals surface area (Å²) < 4.78 is 99.5. The number of hydrogen-bond donors (Lipinski definition) is 0. The highest BCUT2D eigenvalue weighted by Gasteiger charge is 2.30. The second kappa shape index (κ2) is 10.8. The SMILES string of the molecule is CCCCCC1CCC(c2ccc(-c3ccc(OCC(F)(F)F)c(F)c3F)c(F)c2F)CC1. The van der Waals surface area contributed by atoms with Crippen molar-refractivity contribution in [1.82, 2.24) is 0 Å². The van der Waals surface area contributed by atoms with E-state index in [0.717, 1.165) is 50.7 Å². The molecule has 0 N–H and O–H groups in total. The average Bonchev–Trinajstić information content (AvgIpc) is 2.77. The van der Waals surface area contributed by atoms with Gasteiger partial charge < -0.3 is 4.74 Å². The van der Waals surface area contributed by atoms with Crippen LogP contribution in [-0.4, -0.2) is 12.8 Å². The van der Waals surface area contributed by atoms with Crippen LogP contribution in [0, 0.1) is 29.2 Å². The van der Waals surface area contributed by atoms with E-state index in [2.05, 4.69) is 11.7 Å². The fraction of sp³-hybridized carbons (Fsp3) is 0.520. The van der Waals surface area contributed by atoms with Crippen LogP contribution in [0.4, 0.5) is 30.7 Å². The van der Waals surface area contributed by atoms with Crippen LogP contribution < -0.4 is 4.74 Å². The van der Waals surface area contributed by atoms with Gasteiger partial charge in [-0.25, -0.2) is 13.2 Å². The van der Waals surface area contributed by atoms with Crippen LogP contribution in [0.15, 0.2) is 24.3 Å². The molecule has 1 aliphatic rings. The quantitative estimate of drug-likeness (QED) is 0.273. The first-order chi connectivity index (χ1) is 15.6. The van der Waals surface area contributed by atoms with E-state index in [-0.39, 0.29) is 11.5 Å². The summed E-state index contributed by atoms with van der Waals surface area (Å²) in [4.78, 5) is 0. The van der Waals surface area contributed by atoms with E-state index in [1.807, 2.05) is 0 Å². The van der Waals surface area contributed by atoms with Crippen molar-refractivity contribution < 1.29 is 35.5 Å². The minimum atomic E-state index is -4.73. The molecule has 8 heteroatoms. The van der Waals surface area contributed by atoms with Gasteiger partial charge in [-0.2, -0.15) is 17.6 Å². The van der Waals surface area contributed by atoms with Crippen LogP contribution in [-0.2, 0) is 0 Å². The summed E-state index contributed by atoms with van der Waals surface area (Å²) >= 11 is 0. The van der Waals surface area contributed by atoms with E-state index in [1.165, 1.54) is 25.0 Å². The molecule has 0 bridgehead atoms. The van der Waals surface area contributed by atoms with Crippen LogP contribution in [0.5, 0.6) is 5.75 Å². The second-order valence-corrected chi connectivity index (χ2v) is 8.69. The number of rotatable bonds is 8. The summed E-state index contributed by atoms with van der Waals surface area (Å²) in [5.41, 5.74) is -0.869. The topological polar surface area (TPSA) is 9.23 Å². The minimum Gasteiger partial charge on any atom is -0.481 e. The Kier molecular flexibility index (Phi) is 8.29. The van der Waals surface area contributed by atoms with E-state index < -0.39 is 52.9 Å². The van der Waals surface area contributed by atoms with Crippen molar-refractivity contribution in [3.05, 3.63) is 53.1 Å². The summed E-state index contributed by atoms with van der Waals surface area (Å²) in [6.07, 6.45) is 3.28. The molecule has 0 spiro atoms. The lowest BCUT2D eigenvalue weighted by molar-refractivity contribution is -0.153. The molecule has 1 fully saturated rings. The van der Waals surface area contributed by atoms with Gasteiger partial charge in [0.25, 0.3) is 0 Å². The standard InChI is InChI=1S/C25H27F7O/c1-2-3-4-5-15-6-8-16(9-7-15)17-10-11-18(22(27)21(17)26)19-12-13-20(24(29)23(19)28)33-14-25(30,31)32/h10-13,15-16H,2-9,14H2,1H3. The summed E-state index contributed by atoms with van der Waals surface area (Å²) in [5, 5.41) is 0. The highest BCUT2D eigenvalue weighted by Crippen LogP contribution is 2.41. The van der Waals surface area contributed by atoms with Gasteiger partial charge in [-0.3, -0.25) is 0 Å². The molecule has 182 valence electrons. The van der Waals surface area contributed by atoms with Crippen molar-refractivity contribution in [3.8, 4) is 16.9 Å². The molecule has 0 aromatic heterocycles. The Bertz CT molecular complexity index is 947. The van der Waals surface area contributed by atoms with Crippen molar-refractivity contribution in [2.24, 2.45) is 5.92 Å². The fourth-order valence-electron chi connectivity index (χ4n) is 4.54. The molecular weight excluding hydrogens is 449 g/mol. The summed E-state index contributed by atoms with van der Waals surface area (Å²) in [6.45, 7) is 0.343. The normalized spacial score (nSPS) is 19.0. The molecule has 33 heavy (non-hydrogen) atoms. The fourth-order valence-corrected chi connectivity index (χ4v) is 4.54. The molecule has 2 aromatic rings. The molecule has 1 aliphatic carbocycles. The summed E-state index contributed by atoms with van der Waals surface area (Å²) in [5.74, 6) is -6.21. The first kappa shape index (κ1) is 25.4. The third-order valence-electron chi connectivity index (χ3n) is 6.34. The van der Waals surface area contributed by atoms with Gasteiger partial charge in [0.15, 0.2) is 29.8 Å². The molecule has 0 amide bonds. The van der Waals surface area contributed by atoms with Gasteiger partial charge in [0.05, 0.1) is 0 Å². The van der Waals surface area contributed by atoms with Gasteiger partial charge in [0, 0.05) is 11.1 Å². The Labute approximate surface area is 188 Å². The molecule has 0 radical (unpaired) electrons. The molecule has 0 unspecified atom stereocenters. The zero-order chi connectivity index (χ0) is 24.2. The van der Waals surface area contributed by atoms with Crippen LogP contribution in [0.25, 0.3) is 11.1 Å². The zero-order valence-electron chi connectivity index (χ0n) is 18.4. The molecule has 0 atom stereocenters. The highest BCUT2D eigenvalue weighted by molar-refractivity contribution is 5.66. The monoisotopic (exact) mass is 476 g/mol. The lowest BCUT2D eigenvalue weighted by Crippen LogP contribution is -2.19. The lowest BCUT2D eigenvalue weighted by Gasteiger charge is -2.29. The van der Waals surface area contributed by atoms with E-state index in [4.69, 9.17) is 0 Å². The Hall–Kier alpha value is -2.25. The van der Waals surface area contributed by atoms with Crippen molar-refractivity contribution >= 4 is 0 Å². The summed E-state index contributed by atoms with van der Waals surface area (Å²) in [6, 6.07) is 4.23. The number of unbranched alkanes of at least 4 members (excludes halogenated alkanes) is 2. The maximum Gasteiger partial charge on any atom is 0.422 e. The van der Waals surface area contributed by atoms with Crippen LogP contribution in [0.2, 0.25) is 0 Å². The Morgan fingerprint density at radius 3 is 2.00 bits per heavy atom. The largest absolute Gasteiger partial charge is 0.481 e. The Morgan fingerprint density at radius 2 is 1.39 bits per heavy atom. The Balaban J connectivity index is 1.76. The van der Waals surface area contributed by atoms with Crippen LogP contribution in [0.3, 0.4) is 0 Å². The molecule has 1 nitrogen and oxygen atoms in total. The maximum atomic E-state index is 14.9. The predicted molar refractivity (Wildman–Crippen MR) is 112 cm³/mol. The van der Waals surface area contributed by atoms with Crippen molar-refractivity contribution in [2.45, 2.75) is 70.4 Å². The van der Waals surface area contributed by atoms with E-state index in [1.54, 1.807) is 0 Å². The first-order valence-corrected chi connectivity index (χ1v) is 11.3. The van der Waals surface area contributed by atoms with Gasteiger partial charge in [-0.15, -0.1) is 0 Å². The maximum absolute atomic E-state index is 14.9. The van der Waals surface area contributed by atoms with Crippen molar-refractivity contribution in [1.29, 1.82) is 0 Å². The first-order valence-electron chi connectivity index (χ1n) is 11.3. The molecule has 0 heterocycles. The minimum absolute atomic E-state index is 0.143. The summed E-state index contributed by atoms with van der Waals surface area (Å²) in [7, 11) is 0. The molecule has 3 rings (SSSR count). The van der Waals surface area contributed by atoms with Crippen LogP contribution in [0.1, 0.15) is 69.8 Å². The number of benzene rings is 2. The number of halogens is 7. The van der Waals surface area contributed by atoms with Crippen molar-refractivity contribution in [2.75, 3.05) is 6.61 Å². The second-order valence-electron chi connectivity index (χ2n) is 8.69. The molecule has 1 saturated carbocycles. The van der Waals surface area contributed by atoms with Crippen molar-refractivity contribution in [3.63, 3.8) is 0 Å². The lowest BCUT2D eigenvalue weighted by atomic mass is 9.76. The third-order valence-corrected chi connectivity index (χ3v) is 6.34. The Morgan fingerprint density at radius 1 is 0.788 bits per heavy atom. The molecule has 0 saturated heterocycles. The smallest absolute Gasteiger partial charge is 0.422 e. The number of hydrogen-bond acceptors (Lipinski definition) is 1. The van der Waals surface area contributed by atoms with E-state index in [0.29, 0.717) is 5.92 Å². The van der Waals surface area contributed by atoms with Gasteiger partial charge in [-0.1, -0.05) is 44.7 Å². The zero-order valence-corrected chi connectivity index (χ0v) is 18.4. The average molecular weight is 476 g/mol. The van der Waals surface area contributed by atoms with Gasteiger partial charge in [0.2, 0.25) is 5.82 Å². The molecule has 0 aliphatic heterocycles. The molecular formula is C25H27F7O. The third kappa shape index (κ3) is 6.21. The van der Waals surface area contributed by atoms with Crippen LogP contribution >= 0.6 is 0 Å². The number of ether oxygens (including phenoxy) is 1. The van der Waals surface area contributed by atoms with E-state index >= 15 is 0 Å². The van der Waals surface area contributed by atoms with Gasteiger partial charge in [0.1, 0.15) is 0 Å². The highest BCUT2D eigenvalue weighted by atomic mass is 19.4. The number of alkyl halides is 3. The molecule has 2 aromatic carbocycles. The van der Waals surface area contributed by atoms with E-state index in [9.17, 15) is 30.7 Å². The van der Waals surface area contributed by atoms with Gasteiger partial charge in [-0.05, 0) is 55.2 Å². The predicted octanol–water partition coefficient (Wildman–Crippen LogP) is 8.71. The van der Waals surface area contributed by atoms with Gasteiger partial charge >= 0.3 is 6.18 Å².